The van der Waals surface area contributed by atoms with Gasteiger partial charge in [-0.3, -0.25) is 4.79 Å². The quantitative estimate of drug-likeness (QED) is 0.815. The number of carbonyl (C=O) groups excluding carboxylic acids is 1. The Morgan fingerprint density at radius 3 is 2.05 bits per heavy atom. The second-order valence-corrected chi connectivity index (χ2v) is 6.17. The Labute approximate surface area is 131 Å². The maximum Gasteiger partial charge on any atom is 0.183 e. The molecule has 0 bridgehead atoms. The zero-order chi connectivity index (χ0) is 15.0. The molecule has 22 heavy (non-hydrogen) atoms. The number of para-hydroxylation sites is 1. The third kappa shape index (κ3) is 1.91. The highest BCUT2D eigenvalue weighted by Gasteiger charge is 2.50. The number of rotatable bonds is 2. The Morgan fingerprint density at radius 2 is 1.41 bits per heavy atom. The topological polar surface area (TPSA) is 20.3 Å². The van der Waals surface area contributed by atoms with Gasteiger partial charge in [0, 0.05) is 11.8 Å². The van der Waals surface area contributed by atoms with Gasteiger partial charge in [-0.15, -0.1) is 0 Å². The summed E-state index contributed by atoms with van der Waals surface area (Å²) in [6, 6.07) is 20.6. The lowest BCUT2D eigenvalue weighted by Crippen LogP contribution is -2.47. The molecular formula is C20H19NO. The minimum absolute atomic E-state index is 0.271. The first-order valence-corrected chi connectivity index (χ1v) is 7.98. The first-order chi connectivity index (χ1) is 10.8. The first-order valence-electron chi connectivity index (χ1n) is 7.98. The van der Waals surface area contributed by atoms with Crippen molar-refractivity contribution in [2.75, 3.05) is 4.90 Å². The monoisotopic (exact) mass is 289 g/mol. The number of nitrogens with zero attached hydrogens (tertiary/aromatic N) is 1. The van der Waals surface area contributed by atoms with E-state index in [1.165, 1.54) is 0 Å². The minimum Gasteiger partial charge on any atom is -0.327 e. The van der Waals surface area contributed by atoms with Crippen LogP contribution in [0.2, 0.25) is 0 Å². The summed E-state index contributed by atoms with van der Waals surface area (Å²) < 4.78 is 0. The Bertz CT molecular complexity index is 712. The van der Waals surface area contributed by atoms with Crippen molar-refractivity contribution < 1.29 is 4.79 Å². The van der Waals surface area contributed by atoms with Crippen molar-refractivity contribution in [1.29, 1.82) is 0 Å². The average molecular weight is 289 g/mol. The Morgan fingerprint density at radius 1 is 0.818 bits per heavy atom. The van der Waals surface area contributed by atoms with E-state index >= 15 is 0 Å². The van der Waals surface area contributed by atoms with Crippen LogP contribution in [0, 0.1) is 0 Å². The van der Waals surface area contributed by atoms with E-state index in [0.29, 0.717) is 0 Å². The van der Waals surface area contributed by atoms with Gasteiger partial charge in [-0.2, -0.15) is 0 Å². The van der Waals surface area contributed by atoms with Gasteiger partial charge in [-0.05, 0) is 30.5 Å². The average Bonchev–Trinajstić information content (AvgIpc) is 3.17. The summed E-state index contributed by atoms with van der Waals surface area (Å²) in [7, 11) is 0. The van der Waals surface area contributed by atoms with Crippen molar-refractivity contribution in [3.8, 4) is 0 Å². The minimum atomic E-state index is -0.355. The Kier molecular flexibility index (Phi) is 3.11. The second-order valence-electron chi connectivity index (χ2n) is 6.17. The number of carbonyl (C=O) groups is 1. The number of hydrogen-bond acceptors (Lipinski definition) is 2. The normalized spacial score (nSPS) is 19.7. The van der Waals surface area contributed by atoms with E-state index in [4.69, 9.17) is 0 Å². The summed E-state index contributed by atoms with van der Waals surface area (Å²) in [5.74, 6) is 0.271. The third-order valence-electron chi connectivity index (χ3n) is 4.91. The van der Waals surface area contributed by atoms with E-state index in [9.17, 15) is 4.79 Å². The summed E-state index contributed by atoms with van der Waals surface area (Å²) in [4.78, 5) is 15.1. The van der Waals surface area contributed by atoms with Crippen LogP contribution in [0.25, 0.3) is 5.70 Å². The lowest BCUT2D eigenvalue weighted by molar-refractivity contribution is -0.118. The summed E-state index contributed by atoms with van der Waals surface area (Å²) in [5.41, 5.74) is 2.92. The van der Waals surface area contributed by atoms with Gasteiger partial charge in [0.1, 0.15) is 5.54 Å². The molecule has 1 aliphatic heterocycles. The molecule has 4 rings (SSSR count). The smallest absolute Gasteiger partial charge is 0.183 e. The Hall–Kier alpha value is -2.35. The van der Waals surface area contributed by atoms with Crippen LogP contribution in [-0.2, 0) is 4.79 Å². The van der Waals surface area contributed by atoms with Gasteiger partial charge < -0.3 is 4.90 Å². The molecule has 2 aliphatic rings. The standard InChI is InChI=1S/C20H19NO/c22-19-15-18(16-9-3-1-4-10-16)21(17-11-5-2-6-12-17)20(19)13-7-8-14-20/h1-6,9-12,15H,7-8,13-14H2. The third-order valence-corrected chi connectivity index (χ3v) is 4.91. The number of ketones is 1. The zero-order valence-electron chi connectivity index (χ0n) is 12.5. The second kappa shape index (κ2) is 5.13. The molecule has 1 fully saturated rings. The lowest BCUT2D eigenvalue weighted by atomic mass is 9.92. The molecule has 1 aliphatic carbocycles. The highest BCUT2D eigenvalue weighted by atomic mass is 16.1. The van der Waals surface area contributed by atoms with Crippen molar-refractivity contribution in [3.63, 3.8) is 0 Å². The summed E-state index contributed by atoms with van der Waals surface area (Å²) >= 11 is 0. The molecule has 110 valence electrons. The molecule has 0 radical (unpaired) electrons. The van der Waals surface area contributed by atoms with Crippen LogP contribution < -0.4 is 4.90 Å². The summed E-state index contributed by atoms with van der Waals surface area (Å²) in [6.45, 7) is 0. The molecule has 0 unspecified atom stereocenters. The molecule has 2 aromatic carbocycles. The molecule has 1 spiro atoms. The highest BCUT2D eigenvalue weighted by molar-refractivity contribution is 6.14. The largest absolute Gasteiger partial charge is 0.327 e. The maximum absolute atomic E-state index is 12.8. The SMILES string of the molecule is O=C1C=C(c2ccccc2)N(c2ccccc2)C12CCCC2. The first kappa shape index (κ1) is 13.3. The lowest BCUT2D eigenvalue weighted by Gasteiger charge is -2.37. The van der Waals surface area contributed by atoms with Crippen LogP contribution >= 0.6 is 0 Å². The van der Waals surface area contributed by atoms with E-state index in [0.717, 1.165) is 42.6 Å². The van der Waals surface area contributed by atoms with E-state index < -0.39 is 0 Å². The van der Waals surface area contributed by atoms with Crippen LogP contribution in [0.5, 0.6) is 0 Å². The fourth-order valence-electron chi connectivity index (χ4n) is 3.88. The number of hydrogen-bond donors (Lipinski definition) is 0. The van der Waals surface area contributed by atoms with Crippen molar-refractivity contribution in [3.05, 3.63) is 72.3 Å². The van der Waals surface area contributed by atoms with E-state index in [1.807, 2.05) is 42.5 Å². The molecule has 0 amide bonds. The predicted octanol–water partition coefficient (Wildman–Crippen LogP) is 4.43. The van der Waals surface area contributed by atoms with Crippen molar-refractivity contribution in [2.45, 2.75) is 31.2 Å². The maximum atomic E-state index is 12.8. The Balaban J connectivity index is 1.87. The van der Waals surface area contributed by atoms with Crippen LogP contribution in [0.4, 0.5) is 5.69 Å². The van der Waals surface area contributed by atoms with Crippen molar-refractivity contribution in [1.82, 2.24) is 0 Å². The van der Waals surface area contributed by atoms with Gasteiger partial charge in [0.15, 0.2) is 5.78 Å². The van der Waals surface area contributed by atoms with Crippen LogP contribution in [0.3, 0.4) is 0 Å². The molecule has 0 saturated heterocycles. The van der Waals surface area contributed by atoms with E-state index in [2.05, 4.69) is 29.2 Å². The molecule has 2 aromatic rings. The van der Waals surface area contributed by atoms with E-state index in [1.54, 1.807) is 0 Å². The summed E-state index contributed by atoms with van der Waals surface area (Å²) in [6.07, 6.45) is 6.02. The molecule has 0 atom stereocenters. The summed E-state index contributed by atoms with van der Waals surface area (Å²) in [5, 5.41) is 0. The van der Waals surface area contributed by atoms with Crippen molar-refractivity contribution in [2.24, 2.45) is 0 Å². The fraction of sp³-hybridized carbons (Fsp3) is 0.250. The van der Waals surface area contributed by atoms with Gasteiger partial charge >= 0.3 is 0 Å². The molecule has 1 saturated carbocycles. The zero-order valence-corrected chi connectivity index (χ0v) is 12.5. The van der Waals surface area contributed by atoms with Gasteiger partial charge in [-0.1, -0.05) is 61.4 Å². The van der Waals surface area contributed by atoms with Crippen LogP contribution in [-0.4, -0.2) is 11.3 Å². The van der Waals surface area contributed by atoms with Crippen LogP contribution in [0.1, 0.15) is 31.2 Å². The molecule has 2 nitrogen and oxygen atoms in total. The van der Waals surface area contributed by atoms with Crippen molar-refractivity contribution >= 4 is 17.2 Å². The molecule has 1 heterocycles. The molecular weight excluding hydrogens is 270 g/mol. The van der Waals surface area contributed by atoms with Crippen LogP contribution in [0.15, 0.2) is 66.7 Å². The molecule has 0 aromatic heterocycles. The number of benzene rings is 2. The van der Waals surface area contributed by atoms with Gasteiger partial charge in [0.25, 0.3) is 0 Å². The fourth-order valence-corrected chi connectivity index (χ4v) is 3.88. The van der Waals surface area contributed by atoms with Gasteiger partial charge in [0.05, 0.1) is 5.70 Å². The number of anilines is 1. The van der Waals surface area contributed by atoms with Gasteiger partial charge in [0.2, 0.25) is 0 Å². The highest BCUT2D eigenvalue weighted by Crippen LogP contribution is 2.47. The molecule has 2 heteroatoms. The van der Waals surface area contributed by atoms with Gasteiger partial charge in [-0.25, -0.2) is 0 Å². The predicted molar refractivity (Wildman–Crippen MR) is 89.5 cm³/mol. The van der Waals surface area contributed by atoms with E-state index in [-0.39, 0.29) is 11.3 Å². The molecule has 0 N–H and O–H groups in total.